The summed E-state index contributed by atoms with van der Waals surface area (Å²) in [6, 6.07) is 13.6. The van der Waals surface area contributed by atoms with Crippen molar-refractivity contribution in [2.45, 2.75) is 51.3 Å². The van der Waals surface area contributed by atoms with Gasteiger partial charge in [0.05, 0.1) is 5.92 Å². The SMILES string of the molecule is C=CC(=O)C[C@@H](CCSC)C(=O)O.CCC(C)C(=O)N[C@H](CCSC)C(=O)O.S=C(SCc1ccccc1)n1cccc1. The Hall–Kier alpha value is -2.54. The lowest BCUT2D eigenvalue weighted by Crippen LogP contribution is -2.43. The van der Waals surface area contributed by atoms with Crippen molar-refractivity contribution < 1.29 is 29.4 Å². The fourth-order valence-electron chi connectivity index (χ4n) is 3.14. The number of amides is 1. The van der Waals surface area contributed by atoms with Gasteiger partial charge in [0.15, 0.2) is 5.78 Å². The summed E-state index contributed by atoms with van der Waals surface area (Å²) in [5.41, 5.74) is 1.30. The molecule has 0 aliphatic rings. The average molecular weight is 669 g/mol. The van der Waals surface area contributed by atoms with Crippen LogP contribution >= 0.6 is 47.5 Å². The van der Waals surface area contributed by atoms with E-state index in [2.05, 4.69) is 36.2 Å². The number of aliphatic carboxylic acids is 2. The summed E-state index contributed by atoms with van der Waals surface area (Å²) in [6.07, 6.45) is 10.7. The summed E-state index contributed by atoms with van der Waals surface area (Å²) in [7, 11) is 0. The minimum absolute atomic E-state index is 0.0688. The summed E-state index contributed by atoms with van der Waals surface area (Å²) in [5.74, 6) is -0.486. The molecule has 0 radical (unpaired) electrons. The molecule has 3 atom stereocenters. The second kappa shape index (κ2) is 24.9. The van der Waals surface area contributed by atoms with Crippen LogP contribution in [0.4, 0.5) is 0 Å². The van der Waals surface area contributed by atoms with E-state index in [-0.39, 0.29) is 24.0 Å². The molecule has 3 N–H and O–H groups in total. The topological polar surface area (TPSA) is 126 Å². The molecular formula is C31H44N2O6S4. The zero-order chi connectivity index (χ0) is 32.6. The molecule has 2 rings (SSSR count). The monoisotopic (exact) mass is 668 g/mol. The molecule has 8 nitrogen and oxygen atoms in total. The summed E-state index contributed by atoms with van der Waals surface area (Å²) < 4.78 is 2.85. The van der Waals surface area contributed by atoms with E-state index in [1.165, 1.54) is 11.6 Å². The van der Waals surface area contributed by atoms with Crippen molar-refractivity contribution in [2.75, 3.05) is 24.0 Å². The Morgan fingerprint density at radius 3 is 2.05 bits per heavy atom. The number of nitrogens with zero attached hydrogens (tertiary/aromatic N) is 1. The lowest BCUT2D eigenvalue weighted by Gasteiger charge is -2.16. The summed E-state index contributed by atoms with van der Waals surface area (Å²) in [4.78, 5) is 43.9. The Morgan fingerprint density at radius 2 is 1.56 bits per heavy atom. The normalized spacial score (nSPS) is 12.2. The first kappa shape index (κ1) is 40.5. The zero-order valence-electron chi connectivity index (χ0n) is 25.3. The molecule has 0 aliphatic heterocycles. The van der Waals surface area contributed by atoms with Crippen LogP contribution in [-0.2, 0) is 24.9 Å². The molecule has 1 aromatic carbocycles. The van der Waals surface area contributed by atoms with E-state index in [4.69, 9.17) is 22.4 Å². The van der Waals surface area contributed by atoms with Gasteiger partial charge in [-0.1, -0.05) is 74.7 Å². The predicted molar refractivity (Wildman–Crippen MR) is 186 cm³/mol. The predicted octanol–water partition coefficient (Wildman–Crippen LogP) is 6.50. The van der Waals surface area contributed by atoms with Gasteiger partial charge >= 0.3 is 11.9 Å². The van der Waals surface area contributed by atoms with Crippen LogP contribution in [0.2, 0.25) is 0 Å². The van der Waals surface area contributed by atoms with E-state index < -0.39 is 23.9 Å². The highest BCUT2D eigenvalue weighted by atomic mass is 32.2. The van der Waals surface area contributed by atoms with Crippen LogP contribution in [0.3, 0.4) is 0 Å². The van der Waals surface area contributed by atoms with E-state index in [0.29, 0.717) is 12.8 Å². The van der Waals surface area contributed by atoms with Crippen LogP contribution in [0.15, 0.2) is 67.5 Å². The summed E-state index contributed by atoms with van der Waals surface area (Å²) >= 11 is 10.1. The van der Waals surface area contributed by atoms with Crippen LogP contribution in [0.1, 0.15) is 45.1 Å². The zero-order valence-corrected chi connectivity index (χ0v) is 28.5. The maximum Gasteiger partial charge on any atom is 0.326 e. The number of aromatic nitrogens is 1. The molecule has 0 fully saturated rings. The lowest BCUT2D eigenvalue weighted by atomic mass is 10.00. The van der Waals surface area contributed by atoms with Gasteiger partial charge in [-0.15, -0.1) is 0 Å². The van der Waals surface area contributed by atoms with Crippen molar-refractivity contribution >= 4 is 75.5 Å². The number of allylic oxidation sites excluding steroid dienone is 1. The van der Waals surface area contributed by atoms with E-state index in [0.717, 1.165) is 28.0 Å². The van der Waals surface area contributed by atoms with Gasteiger partial charge in [-0.3, -0.25) is 14.4 Å². The van der Waals surface area contributed by atoms with Crippen molar-refractivity contribution in [3.05, 3.63) is 73.1 Å². The first-order valence-electron chi connectivity index (χ1n) is 13.7. The Labute approximate surface area is 273 Å². The van der Waals surface area contributed by atoms with Crippen LogP contribution < -0.4 is 5.32 Å². The number of hydrogen-bond donors (Lipinski definition) is 3. The molecule has 12 heteroatoms. The van der Waals surface area contributed by atoms with Crippen LogP contribution in [0.25, 0.3) is 0 Å². The molecule has 0 saturated heterocycles. The number of ketones is 1. The van der Waals surface area contributed by atoms with E-state index in [9.17, 15) is 19.2 Å². The fourth-order valence-corrected chi connectivity index (χ4v) is 5.19. The van der Waals surface area contributed by atoms with Gasteiger partial charge in [0.1, 0.15) is 10.4 Å². The standard InChI is InChI=1S/C12H11NS2.C10H19NO3S.C9H14O3S/c14-12(13-8-4-5-9-13)15-10-11-6-2-1-3-7-11;1-4-7(2)9(12)11-8(10(13)14)5-6-15-3;1-3-8(10)6-7(9(11)12)4-5-13-2/h1-9H,10H2;7-8H,4-6H2,1-3H3,(H,11,12)(H,13,14);3,7H,1,4-6H2,2H3,(H,11,12)/t;7?,8-;7-/m.11/s1. The van der Waals surface area contributed by atoms with Crippen molar-refractivity contribution in [1.82, 2.24) is 9.88 Å². The second-order valence-electron chi connectivity index (χ2n) is 9.31. The molecule has 2 aromatic rings. The fraction of sp³-hybridized carbons (Fsp3) is 0.452. The van der Waals surface area contributed by atoms with Gasteiger partial charge < -0.3 is 20.1 Å². The Morgan fingerprint density at radius 1 is 0.977 bits per heavy atom. The third-order valence-electron chi connectivity index (χ3n) is 6.00. The highest BCUT2D eigenvalue weighted by Crippen LogP contribution is 2.15. The molecule has 43 heavy (non-hydrogen) atoms. The Balaban J connectivity index is 0.000000618. The van der Waals surface area contributed by atoms with Crippen LogP contribution in [0, 0.1) is 11.8 Å². The number of benzene rings is 1. The molecule has 0 aliphatic carbocycles. The molecule has 1 amide bonds. The van der Waals surface area contributed by atoms with Gasteiger partial charge in [0.25, 0.3) is 0 Å². The molecule has 0 saturated carbocycles. The van der Waals surface area contributed by atoms with Gasteiger partial charge in [-0.2, -0.15) is 23.5 Å². The third-order valence-corrected chi connectivity index (χ3v) is 8.79. The first-order chi connectivity index (χ1) is 20.5. The van der Waals surface area contributed by atoms with Crippen molar-refractivity contribution in [2.24, 2.45) is 11.8 Å². The number of thiocarbonyl (C=S) groups is 1. The third kappa shape index (κ3) is 19.4. The quantitative estimate of drug-likeness (QED) is 0.135. The van der Waals surface area contributed by atoms with Gasteiger partial charge in [-0.05, 0) is 67.1 Å². The molecule has 0 bridgehead atoms. The van der Waals surface area contributed by atoms with E-state index in [1.807, 2.05) is 54.6 Å². The summed E-state index contributed by atoms with van der Waals surface area (Å²) in [5, 5.41) is 20.2. The van der Waals surface area contributed by atoms with Crippen LogP contribution in [-0.4, -0.2) is 72.8 Å². The molecule has 0 spiro atoms. The Kier molecular flexibility index (Phi) is 23.4. The van der Waals surface area contributed by atoms with Crippen molar-refractivity contribution in [1.29, 1.82) is 0 Å². The van der Waals surface area contributed by atoms with E-state index in [1.54, 1.807) is 42.2 Å². The summed E-state index contributed by atoms with van der Waals surface area (Å²) in [6.45, 7) is 7.00. The molecule has 238 valence electrons. The highest BCUT2D eigenvalue weighted by molar-refractivity contribution is 8.22. The van der Waals surface area contributed by atoms with Gasteiger partial charge in [0, 0.05) is 30.5 Å². The van der Waals surface area contributed by atoms with E-state index >= 15 is 0 Å². The van der Waals surface area contributed by atoms with Crippen LogP contribution in [0.5, 0.6) is 0 Å². The number of carboxylic acid groups (broad SMARTS) is 2. The maximum atomic E-state index is 11.5. The maximum absolute atomic E-state index is 11.5. The molecular weight excluding hydrogens is 625 g/mol. The van der Waals surface area contributed by atoms with Gasteiger partial charge in [0.2, 0.25) is 5.91 Å². The second-order valence-corrected chi connectivity index (χ2v) is 12.9. The number of thioether (sulfide) groups is 3. The first-order valence-corrected chi connectivity index (χ1v) is 17.9. The van der Waals surface area contributed by atoms with Crippen molar-refractivity contribution in [3.8, 4) is 0 Å². The smallest absolute Gasteiger partial charge is 0.326 e. The highest BCUT2D eigenvalue weighted by Gasteiger charge is 2.21. The number of hydrogen-bond acceptors (Lipinski definition) is 8. The number of nitrogens with one attached hydrogen (secondary N) is 1. The molecule has 1 unspecified atom stereocenters. The lowest BCUT2D eigenvalue weighted by molar-refractivity contribution is -0.143. The van der Waals surface area contributed by atoms with Crippen molar-refractivity contribution in [3.63, 3.8) is 0 Å². The average Bonchev–Trinajstić information content (AvgIpc) is 3.55. The number of rotatable bonds is 16. The minimum atomic E-state index is -0.958. The number of carbonyl (C=O) groups is 4. The Bertz CT molecular complexity index is 1110. The minimum Gasteiger partial charge on any atom is -0.481 e. The van der Waals surface area contributed by atoms with Gasteiger partial charge in [-0.25, -0.2) is 4.79 Å². The molecule has 1 aromatic heterocycles. The largest absolute Gasteiger partial charge is 0.481 e. The number of carboxylic acids is 2. The number of carbonyl (C=O) groups excluding carboxylic acids is 2. The molecule has 1 heterocycles.